The van der Waals surface area contributed by atoms with E-state index in [-0.39, 0.29) is 11.9 Å². The standard InChI is InChI=1S/C27H29F3N6O2/c1-17-13-32-25(12-22(17)34-21-6-4-3-5-20(21)26(37)31-2)33-18-7-8-23-24(11-18)38-15-19-14-35(9-10-36(19)23)16-27(28,29)30/h3-8,11-13,19H,9-10,14-16H2,1-2H3,(H,31,37)(H2,32,33,34). The highest BCUT2D eigenvalue weighted by Crippen LogP contribution is 2.38. The van der Waals surface area contributed by atoms with E-state index in [1.807, 2.05) is 49.4 Å². The molecule has 2 aliphatic rings. The molecular formula is C27H29F3N6O2. The number of pyridine rings is 1. The van der Waals surface area contributed by atoms with Gasteiger partial charge in [-0.1, -0.05) is 12.1 Å². The lowest BCUT2D eigenvalue weighted by Gasteiger charge is -2.45. The van der Waals surface area contributed by atoms with E-state index >= 15 is 0 Å². The second kappa shape index (κ2) is 10.4. The Labute approximate surface area is 218 Å². The fraction of sp³-hybridized carbons (Fsp3) is 0.333. The highest BCUT2D eigenvalue weighted by atomic mass is 19.4. The van der Waals surface area contributed by atoms with Crippen LogP contribution in [0.15, 0.2) is 54.7 Å². The summed E-state index contributed by atoms with van der Waals surface area (Å²) in [7, 11) is 1.59. The molecule has 0 radical (unpaired) electrons. The number of fused-ring (bicyclic) bond motifs is 3. The number of alkyl halides is 3. The van der Waals surface area contributed by atoms with Crippen molar-refractivity contribution in [2.75, 3.05) is 55.4 Å². The van der Waals surface area contributed by atoms with Gasteiger partial charge in [-0.2, -0.15) is 13.2 Å². The first kappa shape index (κ1) is 25.7. The van der Waals surface area contributed by atoms with Crippen molar-refractivity contribution in [3.8, 4) is 5.75 Å². The Morgan fingerprint density at radius 3 is 2.71 bits per heavy atom. The number of anilines is 5. The second-order valence-electron chi connectivity index (χ2n) is 9.45. The van der Waals surface area contributed by atoms with Gasteiger partial charge in [0.25, 0.3) is 5.91 Å². The van der Waals surface area contributed by atoms with Crippen molar-refractivity contribution in [3.63, 3.8) is 0 Å². The lowest BCUT2D eigenvalue weighted by molar-refractivity contribution is -0.147. The monoisotopic (exact) mass is 526 g/mol. The van der Waals surface area contributed by atoms with Crippen LogP contribution in [-0.2, 0) is 0 Å². The molecule has 0 saturated carbocycles. The number of piperazine rings is 1. The summed E-state index contributed by atoms with van der Waals surface area (Å²) in [6, 6.07) is 14.7. The van der Waals surface area contributed by atoms with Gasteiger partial charge in [-0.15, -0.1) is 0 Å². The van der Waals surface area contributed by atoms with Gasteiger partial charge in [0.05, 0.1) is 29.5 Å². The van der Waals surface area contributed by atoms with E-state index in [9.17, 15) is 18.0 Å². The number of nitrogens with zero attached hydrogens (tertiary/aromatic N) is 3. The molecule has 2 aromatic carbocycles. The van der Waals surface area contributed by atoms with Crippen LogP contribution in [0, 0.1) is 6.92 Å². The largest absolute Gasteiger partial charge is 0.489 e. The number of carbonyl (C=O) groups excluding carboxylic acids is 1. The molecule has 0 aliphatic carbocycles. The number of ether oxygens (including phenoxy) is 1. The number of aromatic nitrogens is 1. The molecule has 3 heterocycles. The summed E-state index contributed by atoms with van der Waals surface area (Å²) in [5.74, 6) is 1.10. The third kappa shape index (κ3) is 5.62. The summed E-state index contributed by atoms with van der Waals surface area (Å²) in [6.07, 6.45) is -2.46. The topological polar surface area (TPSA) is 81.8 Å². The van der Waals surface area contributed by atoms with Gasteiger partial charge in [-0.3, -0.25) is 9.69 Å². The molecule has 3 N–H and O–H groups in total. The van der Waals surface area contributed by atoms with Gasteiger partial charge in [0.2, 0.25) is 0 Å². The van der Waals surface area contributed by atoms with Gasteiger partial charge in [0.1, 0.15) is 18.2 Å². The number of benzene rings is 2. The molecule has 1 amide bonds. The van der Waals surface area contributed by atoms with Crippen molar-refractivity contribution in [1.82, 2.24) is 15.2 Å². The number of rotatable bonds is 6. The van der Waals surface area contributed by atoms with E-state index < -0.39 is 12.7 Å². The molecule has 1 atom stereocenters. The third-order valence-electron chi connectivity index (χ3n) is 6.71. The van der Waals surface area contributed by atoms with Crippen LogP contribution in [0.3, 0.4) is 0 Å². The van der Waals surface area contributed by atoms with Crippen molar-refractivity contribution < 1.29 is 22.7 Å². The molecule has 11 heteroatoms. The van der Waals surface area contributed by atoms with Crippen molar-refractivity contribution in [2.24, 2.45) is 0 Å². The highest BCUT2D eigenvalue weighted by Gasteiger charge is 2.37. The Morgan fingerprint density at radius 1 is 1.11 bits per heavy atom. The minimum Gasteiger partial charge on any atom is -0.489 e. The van der Waals surface area contributed by atoms with Gasteiger partial charge >= 0.3 is 6.18 Å². The van der Waals surface area contributed by atoms with Gasteiger partial charge in [0, 0.05) is 56.4 Å². The van der Waals surface area contributed by atoms with Crippen LogP contribution in [0.4, 0.5) is 41.7 Å². The number of para-hydroxylation sites is 1. The summed E-state index contributed by atoms with van der Waals surface area (Å²) >= 11 is 0. The SMILES string of the molecule is CNC(=O)c1ccccc1Nc1cc(Nc2ccc3c(c2)OCC2CN(CC(F)(F)F)CCN32)ncc1C. The third-order valence-corrected chi connectivity index (χ3v) is 6.71. The Morgan fingerprint density at radius 2 is 1.92 bits per heavy atom. The molecular weight excluding hydrogens is 497 g/mol. The molecule has 0 spiro atoms. The number of aryl methyl sites for hydroxylation is 1. The minimum absolute atomic E-state index is 0.123. The van der Waals surface area contributed by atoms with E-state index in [0.717, 1.165) is 22.6 Å². The maximum absolute atomic E-state index is 12.8. The molecule has 5 rings (SSSR count). The first-order valence-corrected chi connectivity index (χ1v) is 12.3. The molecule has 2 aliphatic heterocycles. The number of nitrogens with one attached hydrogen (secondary N) is 3. The fourth-order valence-corrected chi connectivity index (χ4v) is 4.85. The number of carbonyl (C=O) groups is 1. The minimum atomic E-state index is -4.21. The van der Waals surface area contributed by atoms with Crippen LogP contribution < -0.4 is 25.6 Å². The van der Waals surface area contributed by atoms with E-state index in [2.05, 4.69) is 25.8 Å². The Bertz CT molecular complexity index is 1330. The molecule has 38 heavy (non-hydrogen) atoms. The number of amides is 1. The van der Waals surface area contributed by atoms with Gasteiger partial charge in [0.15, 0.2) is 0 Å². The maximum Gasteiger partial charge on any atom is 0.401 e. The Hall–Kier alpha value is -3.99. The summed E-state index contributed by atoms with van der Waals surface area (Å²) in [5, 5.41) is 9.29. The normalized spacial score (nSPS) is 17.2. The molecule has 0 bridgehead atoms. The molecule has 3 aromatic rings. The van der Waals surface area contributed by atoms with E-state index in [1.165, 1.54) is 4.90 Å². The number of hydrogen-bond donors (Lipinski definition) is 3. The zero-order chi connectivity index (χ0) is 26.9. The fourth-order valence-electron chi connectivity index (χ4n) is 4.85. The van der Waals surface area contributed by atoms with Crippen LogP contribution in [0.1, 0.15) is 15.9 Å². The Balaban J connectivity index is 1.30. The molecule has 1 saturated heterocycles. The van der Waals surface area contributed by atoms with Crippen LogP contribution in [0.25, 0.3) is 0 Å². The zero-order valence-electron chi connectivity index (χ0n) is 21.1. The number of halogens is 3. The average molecular weight is 527 g/mol. The molecule has 1 fully saturated rings. The quantitative estimate of drug-likeness (QED) is 0.430. The number of hydrogen-bond acceptors (Lipinski definition) is 7. The summed E-state index contributed by atoms with van der Waals surface area (Å²) < 4.78 is 44.4. The zero-order valence-corrected chi connectivity index (χ0v) is 21.1. The van der Waals surface area contributed by atoms with Crippen molar-refractivity contribution in [3.05, 3.63) is 65.9 Å². The van der Waals surface area contributed by atoms with Gasteiger partial charge in [-0.25, -0.2) is 4.98 Å². The summed E-state index contributed by atoms with van der Waals surface area (Å²) in [4.78, 5) is 20.3. The van der Waals surface area contributed by atoms with Gasteiger partial charge in [-0.05, 0) is 36.8 Å². The van der Waals surface area contributed by atoms with Crippen LogP contribution in [0.5, 0.6) is 5.75 Å². The average Bonchev–Trinajstić information content (AvgIpc) is 2.89. The lowest BCUT2D eigenvalue weighted by Crippen LogP contribution is -2.58. The predicted octanol–water partition coefficient (Wildman–Crippen LogP) is 4.68. The smallest absolute Gasteiger partial charge is 0.401 e. The highest BCUT2D eigenvalue weighted by molar-refractivity contribution is 6.00. The lowest BCUT2D eigenvalue weighted by atomic mass is 10.1. The first-order chi connectivity index (χ1) is 18.2. The van der Waals surface area contributed by atoms with Crippen LogP contribution in [-0.4, -0.2) is 67.8 Å². The molecule has 200 valence electrons. The summed E-state index contributed by atoms with van der Waals surface area (Å²) in [5.41, 5.74) is 4.57. The molecule has 8 nitrogen and oxygen atoms in total. The van der Waals surface area contributed by atoms with Crippen LogP contribution >= 0.6 is 0 Å². The van der Waals surface area contributed by atoms with Gasteiger partial charge < -0.3 is 25.6 Å². The van der Waals surface area contributed by atoms with Crippen LogP contribution in [0.2, 0.25) is 0 Å². The van der Waals surface area contributed by atoms with E-state index in [0.29, 0.717) is 49.1 Å². The molecule has 1 unspecified atom stereocenters. The van der Waals surface area contributed by atoms with Crippen molar-refractivity contribution in [1.29, 1.82) is 0 Å². The van der Waals surface area contributed by atoms with Crippen molar-refractivity contribution >= 4 is 34.5 Å². The van der Waals surface area contributed by atoms with Crippen molar-refractivity contribution in [2.45, 2.75) is 19.1 Å². The summed E-state index contributed by atoms with van der Waals surface area (Å²) in [6.45, 7) is 2.53. The van der Waals surface area contributed by atoms with E-state index in [1.54, 1.807) is 19.3 Å². The van der Waals surface area contributed by atoms with E-state index in [4.69, 9.17) is 4.74 Å². The Kier molecular flexibility index (Phi) is 7.02. The molecule has 1 aromatic heterocycles. The first-order valence-electron chi connectivity index (χ1n) is 12.3. The maximum atomic E-state index is 12.8. The predicted molar refractivity (Wildman–Crippen MR) is 141 cm³/mol. The second-order valence-corrected chi connectivity index (χ2v) is 9.45.